The molecule has 116 valence electrons. The molecule has 1 aromatic rings. The Hall–Kier alpha value is -1.55. The molecule has 2 unspecified atom stereocenters. The van der Waals surface area contributed by atoms with Crippen LogP contribution in [-0.2, 0) is 4.74 Å². The van der Waals surface area contributed by atoms with Gasteiger partial charge in [-0.2, -0.15) is 0 Å². The van der Waals surface area contributed by atoms with Gasteiger partial charge in [-0.3, -0.25) is 0 Å². The lowest BCUT2D eigenvalue weighted by atomic mass is 9.88. The van der Waals surface area contributed by atoms with Gasteiger partial charge in [-0.15, -0.1) is 0 Å². The van der Waals surface area contributed by atoms with Crippen LogP contribution < -0.4 is 4.74 Å². The van der Waals surface area contributed by atoms with E-state index in [1.165, 1.54) is 25.7 Å². The molecule has 0 radical (unpaired) electrons. The van der Waals surface area contributed by atoms with E-state index in [9.17, 15) is 4.79 Å². The van der Waals surface area contributed by atoms with E-state index in [-0.39, 0.29) is 5.56 Å². The van der Waals surface area contributed by atoms with Gasteiger partial charge in [0.25, 0.3) is 0 Å². The molecule has 1 aliphatic rings. The number of carboxylic acid groups (broad SMARTS) is 1. The first-order valence-electron chi connectivity index (χ1n) is 7.74. The summed E-state index contributed by atoms with van der Waals surface area (Å²) in [6.07, 6.45) is 6.25. The van der Waals surface area contributed by atoms with E-state index in [4.69, 9.17) is 14.6 Å². The van der Waals surface area contributed by atoms with Crippen molar-refractivity contribution in [2.45, 2.75) is 45.1 Å². The number of carbonyl (C=O) groups is 1. The van der Waals surface area contributed by atoms with E-state index < -0.39 is 5.97 Å². The second-order valence-electron chi connectivity index (χ2n) is 5.71. The van der Waals surface area contributed by atoms with Crippen molar-refractivity contribution in [3.8, 4) is 5.75 Å². The molecule has 1 N–H and O–H groups in total. The SMILES string of the molecule is CC1CCCCC1OCCCOc1cccc(C(=O)O)c1. The normalized spacial score (nSPS) is 22.0. The molecule has 0 amide bonds. The molecular formula is C17H24O4. The van der Waals surface area contributed by atoms with Gasteiger partial charge < -0.3 is 14.6 Å². The third-order valence-electron chi connectivity index (χ3n) is 4.00. The van der Waals surface area contributed by atoms with Crippen molar-refractivity contribution >= 4 is 5.97 Å². The Bertz CT molecular complexity index is 458. The van der Waals surface area contributed by atoms with Crippen molar-refractivity contribution in [3.05, 3.63) is 29.8 Å². The van der Waals surface area contributed by atoms with E-state index >= 15 is 0 Å². The molecule has 0 spiro atoms. The number of hydrogen-bond acceptors (Lipinski definition) is 3. The molecule has 2 rings (SSSR count). The smallest absolute Gasteiger partial charge is 0.335 e. The van der Waals surface area contributed by atoms with E-state index in [1.54, 1.807) is 24.3 Å². The van der Waals surface area contributed by atoms with E-state index in [0.717, 1.165) is 6.42 Å². The Kier molecular flexibility index (Phi) is 6.05. The van der Waals surface area contributed by atoms with Crippen LogP contribution in [0.2, 0.25) is 0 Å². The summed E-state index contributed by atoms with van der Waals surface area (Å²) in [4.78, 5) is 10.9. The topological polar surface area (TPSA) is 55.8 Å². The third kappa shape index (κ3) is 5.05. The molecule has 1 aromatic carbocycles. The fraction of sp³-hybridized carbons (Fsp3) is 0.588. The van der Waals surface area contributed by atoms with Crippen LogP contribution in [-0.4, -0.2) is 30.4 Å². The molecule has 0 heterocycles. The lowest BCUT2D eigenvalue weighted by Gasteiger charge is -2.28. The summed E-state index contributed by atoms with van der Waals surface area (Å²) in [6, 6.07) is 6.57. The summed E-state index contributed by atoms with van der Waals surface area (Å²) >= 11 is 0. The molecule has 1 saturated carbocycles. The summed E-state index contributed by atoms with van der Waals surface area (Å²) in [5.41, 5.74) is 0.250. The van der Waals surface area contributed by atoms with Crippen molar-refractivity contribution in [2.24, 2.45) is 5.92 Å². The van der Waals surface area contributed by atoms with Crippen molar-refractivity contribution in [1.29, 1.82) is 0 Å². The average Bonchev–Trinajstić information content (AvgIpc) is 2.49. The summed E-state index contributed by atoms with van der Waals surface area (Å²) in [5, 5.41) is 8.91. The zero-order chi connectivity index (χ0) is 15.1. The van der Waals surface area contributed by atoms with Crippen molar-refractivity contribution in [3.63, 3.8) is 0 Å². The number of rotatable bonds is 7. The highest BCUT2D eigenvalue weighted by atomic mass is 16.5. The predicted octanol–water partition coefficient (Wildman–Crippen LogP) is 3.75. The molecule has 21 heavy (non-hydrogen) atoms. The maximum Gasteiger partial charge on any atom is 0.335 e. The first-order chi connectivity index (χ1) is 10.2. The van der Waals surface area contributed by atoms with Crippen LogP contribution in [0.3, 0.4) is 0 Å². The monoisotopic (exact) mass is 292 g/mol. The van der Waals surface area contributed by atoms with Gasteiger partial charge in [0.1, 0.15) is 5.75 Å². The molecular weight excluding hydrogens is 268 g/mol. The molecule has 0 saturated heterocycles. The Morgan fingerprint density at radius 1 is 1.29 bits per heavy atom. The highest BCUT2D eigenvalue weighted by molar-refractivity contribution is 5.87. The first-order valence-corrected chi connectivity index (χ1v) is 7.74. The Morgan fingerprint density at radius 3 is 2.86 bits per heavy atom. The van der Waals surface area contributed by atoms with Crippen LogP contribution in [0.15, 0.2) is 24.3 Å². The molecule has 4 nitrogen and oxygen atoms in total. The minimum atomic E-state index is -0.935. The van der Waals surface area contributed by atoms with Gasteiger partial charge in [0.15, 0.2) is 0 Å². The summed E-state index contributed by atoms with van der Waals surface area (Å²) in [7, 11) is 0. The fourth-order valence-electron chi connectivity index (χ4n) is 2.73. The van der Waals surface area contributed by atoms with Crippen molar-refractivity contribution in [2.75, 3.05) is 13.2 Å². The minimum absolute atomic E-state index is 0.250. The molecule has 0 aromatic heterocycles. The highest BCUT2D eigenvalue weighted by Gasteiger charge is 2.21. The maximum absolute atomic E-state index is 10.9. The maximum atomic E-state index is 10.9. The van der Waals surface area contributed by atoms with Crippen LogP contribution >= 0.6 is 0 Å². The molecule has 1 aliphatic carbocycles. The number of benzene rings is 1. The van der Waals surface area contributed by atoms with Gasteiger partial charge in [0.05, 0.1) is 24.9 Å². The predicted molar refractivity (Wildman–Crippen MR) is 80.9 cm³/mol. The van der Waals surface area contributed by atoms with Crippen molar-refractivity contribution in [1.82, 2.24) is 0 Å². The third-order valence-corrected chi connectivity index (χ3v) is 4.00. The Labute approximate surface area is 126 Å². The fourth-order valence-corrected chi connectivity index (χ4v) is 2.73. The largest absolute Gasteiger partial charge is 0.493 e. The summed E-state index contributed by atoms with van der Waals surface area (Å²) in [5.74, 6) is 0.322. The molecule has 2 atom stereocenters. The van der Waals surface area contributed by atoms with Crippen molar-refractivity contribution < 1.29 is 19.4 Å². The van der Waals surface area contributed by atoms with Gasteiger partial charge in [-0.1, -0.05) is 25.8 Å². The Morgan fingerprint density at radius 2 is 2.10 bits per heavy atom. The standard InChI is InChI=1S/C17H24O4/c1-13-6-2-3-9-16(13)21-11-5-10-20-15-8-4-7-14(12-15)17(18)19/h4,7-8,12-13,16H,2-3,5-6,9-11H2,1H3,(H,18,19). The van der Waals surface area contributed by atoms with Gasteiger partial charge in [0, 0.05) is 6.42 Å². The molecule has 0 aliphatic heterocycles. The second-order valence-corrected chi connectivity index (χ2v) is 5.71. The molecule has 1 fully saturated rings. The van der Waals surface area contributed by atoms with Gasteiger partial charge in [-0.05, 0) is 37.0 Å². The number of carboxylic acids is 1. The highest BCUT2D eigenvalue weighted by Crippen LogP contribution is 2.26. The van der Waals surface area contributed by atoms with Crippen LogP contribution in [0, 0.1) is 5.92 Å². The number of hydrogen-bond donors (Lipinski definition) is 1. The minimum Gasteiger partial charge on any atom is -0.493 e. The summed E-state index contributed by atoms with van der Waals surface area (Å²) in [6.45, 7) is 3.51. The van der Waals surface area contributed by atoms with Gasteiger partial charge in [0.2, 0.25) is 0 Å². The lowest BCUT2D eigenvalue weighted by molar-refractivity contribution is -0.00913. The molecule has 0 bridgehead atoms. The number of aromatic carboxylic acids is 1. The van der Waals surface area contributed by atoms with E-state index in [0.29, 0.717) is 31.0 Å². The number of ether oxygens (including phenoxy) is 2. The summed E-state index contributed by atoms with van der Waals surface area (Å²) < 4.78 is 11.5. The van der Waals surface area contributed by atoms with Gasteiger partial charge >= 0.3 is 5.97 Å². The zero-order valence-electron chi connectivity index (χ0n) is 12.6. The quantitative estimate of drug-likeness (QED) is 0.778. The van der Waals surface area contributed by atoms with Gasteiger partial charge in [-0.25, -0.2) is 4.79 Å². The van der Waals surface area contributed by atoms with Crippen LogP contribution in [0.25, 0.3) is 0 Å². The van der Waals surface area contributed by atoms with Crippen LogP contribution in [0.4, 0.5) is 0 Å². The van der Waals surface area contributed by atoms with Crippen LogP contribution in [0.1, 0.15) is 49.4 Å². The lowest BCUT2D eigenvalue weighted by Crippen LogP contribution is -2.26. The van der Waals surface area contributed by atoms with E-state index in [2.05, 4.69) is 6.92 Å². The van der Waals surface area contributed by atoms with E-state index in [1.807, 2.05) is 0 Å². The second kappa shape index (κ2) is 8.03. The molecule has 4 heteroatoms. The first kappa shape index (κ1) is 15.8. The Balaban J connectivity index is 1.65. The zero-order valence-corrected chi connectivity index (χ0v) is 12.6. The average molecular weight is 292 g/mol. The van der Waals surface area contributed by atoms with Crippen LogP contribution in [0.5, 0.6) is 5.75 Å².